The third kappa shape index (κ3) is 10.5. The first-order valence-electron chi connectivity index (χ1n) is 9.62. The van der Waals surface area contributed by atoms with E-state index in [-0.39, 0.29) is 6.42 Å². The highest BCUT2D eigenvalue weighted by molar-refractivity contribution is 4.90. The predicted octanol–water partition coefficient (Wildman–Crippen LogP) is 0.381. The van der Waals surface area contributed by atoms with Crippen molar-refractivity contribution in [2.24, 2.45) is 5.73 Å². The maximum Gasteiger partial charge on any atom is 0.142 e. The van der Waals surface area contributed by atoms with Gasteiger partial charge in [-0.2, -0.15) is 0 Å². The minimum Gasteiger partial charge on any atom is -0.394 e. The Balaban J connectivity index is 3.92. The van der Waals surface area contributed by atoms with E-state index >= 15 is 0 Å². The van der Waals surface area contributed by atoms with Gasteiger partial charge in [0.15, 0.2) is 0 Å². The average molecular weight is 366 g/mol. The molecule has 0 spiro atoms. The summed E-state index contributed by atoms with van der Waals surface area (Å²) in [6, 6.07) is 0. The number of aliphatic hydroxyl groups excluding tert-OH is 5. The number of unbranched alkanes of at least 4 members (excludes halogenated alkanes) is 9. The summed E-state index contributed by atoms with van der Waals surface area (Å²) >= 11 is 0. The molecule has 0 aromatic carbocycles. The zero-order chi connectivity index (χ0) is 19.3. The smallest absolute Gasteiger partial charge is 0.142 e. The van der Waals surface area contributed by atoms with Crippen molar-refractivity contribution in [3.8, 4) is 0 Å². The highest BCUT2D eigenvalue weighted by Gasteiger charge is 2.40. The second-order valence-electron chi connectivity index (χ2n) is 7.10. The van der Waals surface area contributed by atoms with Crippen LogP contribution in [0.3, 0.4) is 0 Å². The normalized spacial score (nSPS) is 19.2. The Labute approximate surface area is 151 Å². The summed E-state index contributed by atoms with van der Waals surface area (Å²) in [7, 11) is 0. The van der Waals surface area contributed by atoms with E-state index < -0.39 is 36.7 Å². The molecule has 152 valence electrons. The standard InChI is InChI=1S/C18H39NO6/c1-2-3-4-5-6-7-8-9-10-11-12-18(19,25)17(24)16(23)15(22)14(21)13-20/h14-17,20-25H,2-13,19H2,1H3. The zero-order valence-electron chi connectivity index (χ0n) is 15.6. The van der Waals surface area contributed by atoms with Crippen molar-refractivity contribution in [1.82, 2.24) is 0 Å². The molecule has 0 aromatic heterocycles. The van der Waals surface area contributed by atoms with Gasteiger partial charge in [0.1, 0.15) is 30.1 Å². The molecule has 0 radical (unpaired) electrons. The summed E-state index contributed by atoms with van der Waals surface area (Å²) < 4.78 is 0. The van der Waals surface area contributed by atoms with Crippen molar-refractivity contribution in [3.63, 3.8) is 0 Å². The van der Waals surface area contributed by atoms with Crippen molar-refractivity contribution in [2.75, 3.05) is 6.61 Å². The molecule has 5 atom stereocenters. The van der Waals surface area contributed by atoms with Crippen LogP contribution in [0.5, 0.6) is 0 Å². The lowest BCUT2D eigenvalue weighted by Gasteiger charge is -2.34. The lowest BCUT2D eigenvalue weighted by Crippen LogP contribution is -2.60. The second kappa shape index (κ2) is 13.9. The van der Waals surface area contributed by atoms with Crippen molar-refractivity contribution in [1.29, 1.82) is 0 Å². The predicted molar refractivity (Wildman–Crippen MR) is 96.7 cm³/mol. The first-order valence-corrected chi connectivity index (χ1v) is 9.62. The monoisotopic (exact) mass is 365 g/mol. The summed E-state index contributed by atoms with van der Waals surface area (Å²) in [5.41, 5.74) is 3.58. The van der Waals surface area contributed by atoms with Crippen LogP contribution >= 0.6 is 0 Å². The van der Waals surface area contributed by atoms with Crippen LogP contribution in [0.2, 0.25) is 0 Å². The van der Waals surface area contributed by atoms with Crippen molar-refractivity contribution in [2.45, 2.75) is 108 Å². The summed E-state index contributed by atoms with van der Waals surface area (Å²) in [4.78, 5) is 0. The molecule has 7 heteroatoms. The van der Waals surface area contributed by atoms with Gasteiger partial charge in [-0.15, -0.1) is 0 Å². The van der Waals surface area contributed by atoms with Crippen LogP contribution < -0.4 is 5.73 Å². The summed E-state index contributed by atoms with van der Waals surface area (Å²) in [5, 5.41) is 57.4. The molecule has 0 aliphatic rings. The van der Waals surface area contributed by atoms with E-state index in [1.165, 1.54) is 38.5 Å². The van der Waals surface area contributed by atoms with E-state index in [1.54, 1.807) is 0 Å². The topological polar surface area (TPSA) is 147 Å². The van der Waals surface area contributed by atoms with Crippen molar-refractivity contribution >= 4 is 0 Å². The van der Waals surface area contributed by atoms with Crippen LogP contribution in [-0.4, -0.2) is 67.4 Å². The highest BCUT2D eigenvalue weighted by Crippen LogP contribution is 2.20. The summed E-state index contributed by atoms with van der Waals surface area (Å²) in [6.07, 6.45) is 4.18. The Morgan fingerprint density at radius 2 is 1.20 bits per heavy atom. The molecule has 0 aromatic rings. The Bertz CT molecular complexity index is 316. The van der Waals surface area contributed by atoms with Crippen LogP contribution in [0.25, 0.3) is 0 Å². The highest BCUT2D eigenvalue weighted by atomic mass is 16.4. The molecule has 8 N–H and O–H groups in total. The fourth-order valence-electron chi connectivity index (χ4n) is 2.86. The Kier molecular flexibility index (Phi) is 13.7. The number of rotatable bonds is 16. The second-order valence-corrected chi connectivity index (χ2v) is 7.10. The van der Waals surface area contributed by atoms with E-state index in [0.29, 0.717) is 6.42 Å². The maximum absolute atomic E-state index is 10.1. The lowest BCUT2D eigenvalue weighted by molar-refractivity contribution is -0.173. The largest absolute Gasteiger partial charge is 0.394 e. The number of nitrogens with two attached hydrogens (primary N) is 1. The molecule has 0 saturated heterocycles. The van der Waals surface area contributed by atoms with Gasteiger partial charge in [0, 0.05) is 0 Å². The first kappa shape index (κ1) is 24.7. The SMILES string of the molecule is CCCCCCCCCCCCC(N)(O)C(O)C(O)C(O)C(O)CO. The van der Waals surface area contributed by atoms with Crippen molar-refractivity contribution in [3.05, 3.63) is 0 Å². The van der Waals surface area contributed by atoms with Gasteiger partial charge in [0.05, 0.1) is 6.61 Å². The van der Waals surface area contributed by atoms with Gasteiger partial charge in [0.2, 0.25) is 0 Å². The third-order valence-electron chi connectivity index (χ3n) is 4.70. The third-order valence-corrected chi connectivity index (χ3v) is 4.70. The minimum atomic E-state index is -2.06. The summed E-state index contributed by atoms with van der Waals surface area (Å²) in [6.45, 7) is 1.43. The van der Waals surface area contributed by atoms with Gasteiger partial charge in [-0.25, -0.2) is 0 Å². The molecule has 0 fully saturated rings. The lowest BCUT2D eigenvalue weighted by atomic mass is 9.91. The van der Waals surface area contributed by atoms with E-state index in [0.717, 1.165) is 19.3 Å². The molecule has 0 rings (SSSR count). The van der Waals surface area contributed by atoms with Gasteiger partial charge in [-0.05, 0) is 12.8 Å². The maximum atomic E-state index is 10.1. The van der Waals surface area contributed by atoms with Crippen LogP contribution in [0.1, 0.15) is 77.6 Å². The van der Waals surface area contributed by atoms with Gasteiger partial charge >= 0.3 is 0 Å². The molecular formula is C18H39NO6. The van der Waals surface area contributed by atoms with Gasteiger partial charge in [-0.3, -0.25) is 0 Å². The number of hydrogen-bond acceptors (Lipinski definition) is 7. The van der Waals surface area contributed by atoms with E-state index in [9.17, 15) is 25.5 Å². The van der Waals surface area contributed by atoms with Gasteiger partial charge in [0.25, 0.3) is 0 Å². The van der Waals surface area contributed by atoms with Crippen LogP contribution in [0.15, 0.2) is 0 Å². The quantitative estimate of drug-likeness (QED) is 0.154. The summed E-state index contributed by atoms with van der Waals surface area (Å²) in [5.74, 6) is 0. The molecule has 7 nitrogen and oxygen atoms in total. The molecule has 25 heavy (non-hydrogen) atoms. The average Bonchev–Trinajstić information content (AvgIpc) is 2.60. The number of hydrogen-bond donors (Lipinski definition) is 7. The van der Waals surface area contributed by atoms with Crippen LogP contribution in [0.4, 0.5) is 0 Å². The first-order chi connectivity index (χ1) is 11.8. The zero-order valence-corrected chi connectivity index (χ0v) is 15.6. The van der Waals surface area contributed by atoms with E-state index in [4.69, 9.17) is 10.8 Å². The van der Waals surface area contributed by atoms with Crippen LogP contribution in [-0.2, 0) is 0 Å². The molecule has 0 saturated carbocycles. The van der Waals surface area contributed by atoms with Gasteiger partial charge < -0.3 is 36.4 Å². The molecule has 5 unspecified atom stereocenters. The molecular weight excluding hydrogens is 326 g/mol. The molecule has 0 aliphatic carbocycles. The molecule has 0 aliphatic heterocycles. The Morgan fingerprint density at radius 3 is 1.64 bits per heavy atom. The number of aliphatic hydroxyl groups is 6. The van der Waals surface area contributed by atoms with E-state index in [1.807, 2.05) is 0 Å². The van der Waals surface area contributed by atoms with E-state index in [2.05, 4.69) is 6.92 Å². The Morgan fingerprint density at radius 1 is 0.760 bits per heavy atom. The minimum absolute atomic E-state index is 0.0731. The fourth-order valence-corrected chi connectivity index (χ4v) is 2.86. The Hall–Kier alpha value is -0.280. The fraction of sp³-hybridized carbons (Fsp3) is 1.00. The van der Waals surface area contributed by atoms with Gasteiger partial charge in [-0.1, -0.05) is 64.7 Å². The van der Waals surface area contributed by atoms with Crippen molar-refractivity contribution < 1.29 is 30.6 Å². The molecule has 0 amide bonds. The molecule has 0 bridgehead atoms. The van der Waals surface area contributed by atoms with Crippen LogP contribution in [0, 0.1) is 0 Å². The molecule has 0 heterocycles.